The minimum Gasteiger partial charge on any atom is -0.349 e. The van der Waals surface area contributed by atoms with Gasteiger partial charge >= 0.3 is 13.6 Å². The maximum atomic E-state index is 13.7. The van der Waals surface area contributed by atoms with Crippen LogP contribution in [0, 0.1) is 6.92 Å². The number of halogens is 2. The zero-order valence-electron chi connectivity index (χ0n) is 10.9. The average Bonchev–Trinajstić information content (AvgIpc) is 2.72. The molecule has 0 amide bonds. The third-order valence-corrected chi connectivity index (χ3v) is 3.48. The predicted molar refractivity (Wildman–Crippen MR) is 66.4 cm³/mol. The van der Waals surface area contributed by atoms with Crippen molar-refractivity contribution in [3.63, 3.8) is 0 Å². The number of alkyl halides is 1. The van der Waals surface area contributed by atoms with Crippen molar-refractivity contribution in [2.75, 3.05) is 6.61 Å². The van der Waals surface area contributed by atoms with E-state index in [9.17, 15) is 22.7 Å². The van der Waals surface area contributed by atoms with E-state index in [0.717, 1.165) is 4.57 Å². The van der Waals surface area contributed by atoms with E-state index in [-0.39, 0.29) is 12.0 Å². The van der Waals surface area contributed by atoms with Gasteiger partial charge in [-0.2, -0.15) is 0 Å². The average molecular weight is 326 g/mol. The van der Waals surface area contributed by atoms with Crippen LogP contribution >= 0.6 is 7.91 Å². The van der Waals surface area contributed by atoms with Crippen LogP contribution < -0.4 is 11.2 Å². The molecule has 0 bridgehead atoms. The summed E-state index contributed by atoms with van der Waals surface area (Å²) in [5.41, 5.74) is -1.11. The molecule has 21 heavy (non-hydrogen) atoms. The van der Waals surface area contributed by atoms with E-state index >= 15 is 0 Å². The van der Waals surface area contributed by atoms with Crippen LogP contribution in [-0.2, 0) is 13.8 Å². The molecule has 0 aromatic carbocycles. The zero-order valence-corrected chi connectivity index (χ0v) is 11.8. The van der Waals surface area contributed by atoms with Gasteiger partial charge in [0.2, 0.25) is 0 Å². The predicted octanol–water partition coefficient (Wildman–Crippen LogP) is 0.557. The van der Waals surface area contributed by atoms with Gasteiger partial charge in [0.15, 0.2) is 0 Å². The minimum atomic E-state index is -5.22. The van der Waals surface area contributed by atoms with Crippen LogP contribution in [0.4, 0.5) is 8.59 Å². The topological polar surface area (TPSA) is 111 Å². The van der Waals surface area contributed by atoms with Crippen molar-refractivity contribution in [2.45, 2.75) is 31.8 Å². The molecule has 118 valence electrons. The molecule has 0 radical (unpaired) electrons. The van der Waals surface area contributed by atoms with Crippen LogP contribution in [0.3, 0.4) is 0 Å². The first kappa shape index (κ1) is 16.0. The quantitative estimate of drug-likeness (QED) is 0.782. The van der Waals surface area contributed by atoms with Crippen molar-refractivity contribution in [3.05, 3.63) is 32.6 Å². The zero-order chi connectivity index (χ0) is 15.8. The molecule has 1 aliphatic heterocycles. The summed E-state index contributed by atoms with van der Waals surface area (Å²) in [6.45, 7) is 0.696. The maximum Gasteiger partial charge on any atom is 0.510 e. The van der Waals surface area contributed by atoms with Gasteiger partial charge in [-0.05, 0) is 6.92 Å². The van der Waals surface area contributed by atoms with Crippen molar-refractivity contribution in [1.29, 1.82) is 0 Å². The molecule has 1 aromatic heterocycles. The number of rotatable bonds is 4. The molecule has 1 saturated heterocycles. The summed E-state index contributed by atoms with van der Waals surface area (Å²) in [5.74, 6) is 0. The molecule has 0 saturated carbocycles. The summed E-state index contributed by atoms with van der Waals surface area (Å²) >= 11 is 0. The van der Waals surface area contributed by atoms with E-state index in [1.165, 1.54) is 13.1 Å². The molecule has 0 aliphatic carbocycles. The van der Waals surface area contributed by atoms with Crippen LogP contribution in [0.15, 0.2) is 15.8 Å². The number of aryl methyl sites for hydroxylation is 1. The highest BCUT2D eigenvalue weighted by Crippen LogP contribution is 2.44. The van der Waals surface area contributed by atoms with Crippen molar-refractivity contribution < 1.29 is 27.3 Å². The number of ether oxygens (including phenoxy) is 1. The van der Waals surface area contributed by atoms with Gasteiger partial charge in [0.1, 0.15) is 18.5 Å². The molecule has 1 aliphatic rings. The number of hydrogen-bond acceptors (Lipinski definition) is 5. The van der Waals surface area contributed by atoms with Crippen molar-refractivity contribution in [2.24, 2.45) is 0 Å². The minimum absolute atomic E-state index is 0.233. The van der Waals surface area contributed by atoms with E-state index in [1.807, 2.05) is 4.98 Å². The fraction of sp³-hybridized carbons (Fsp3) is 0.600. The van der Waals surface area contributed by atoms with Crippen LogP contribution in [-0.4, -0.2) is 33.3 Å². The molecule has 8 nitrogen and oxygen atoms in total. The molecule has 0 spiro atoms. The van der Waals surface area contributed by atoms with Crippen LogP contribution in [0.2, 0.25) is 0 Å². The van der Waals surface area contributed by atoms with Gasteiger partial charge in [0.05, 0.1) is 6.61 Å². The van der Waals surface area contributed by atoms with Gasteiger partial charge < -0.3 is 4.74 Å². The van der Waals surface area contributed by atoms with Gasteiger partial charge in [-0.3, -0.25) is 23.8 Å². The number of hydrogen-bond donors (Lipinski definition) is 2. The number of H-pyrrole nitrogens is 1. The Bertz CT molecular complexity index is 683. The highest BCUT2D eigenvalue weighted by Gasteiger charge is 2.38. The van der Waals surface area contributed by atoms with Crippen molar-refractivity contribution in [1.82, 2.24) is 9.55 Å². The standard InChI is InChI=1S/C10H13F2N2O6P/c1-5-3-14(10(16)13-9(5)15)8-2-6(11)7(20-8)4-19-21(12,17)18/h3,6-8H,2,4H2,1H3,(H,17,18)(H,13,15,16). The van der Waals surface area contributed by atoms with Crippen LogP contribution in [0.1, 0.15) is 18.2 Å². The summed E-state index contributed by atoms with van der Waals surface area (Å²) < 4.78 is 46.6. The molecule has 11 heteroatoms. The van der Waals surface area contributed by atoms with Crippen molar-refractivity contribution in [3.8, 4) is 0 Å². The molecule has 4 atom stereocenters. The number of aromatic nitrogens is 2. The normalized spacial score (nSPS) is 28.5. The lowest BCUT2D eigenvalue weighted by Crippen LogP contribution is -2.33. The van der Waals surface area contributed by atoms with E-state index in [0.29, 0.717) is 0 Å². The first-order valence-electron chi connectivity index (χ1n) is 5.96. The molecule has 2 rings (SSSR count). The molecule has 4 unspecified atom stereocenters. The molecule has 1 fully saturated rings. The molecule has 2 N–H and O–H groups in total. The van der Waals surface area contributed by atoms with Gasteiger partial charge in [0.25, 0.3) is 5.56 Å². The third kappa shape index (κ3) is 3.85. The second kappa shape index (κ2) is 5.80. The van der Waals surface area contributed by atoms with Crippen molar-refractivity contribution >= 4 is 7.91 Å². The van der Waals surface area contributed by atoms with Gasteiger partial charge in [0, 0.05) is 18.2 Å². The second-order valence-corrected chi connectivity index (χ2v) is 5.77. The molecular formula is C10H13F2N2O6P. The lowest BCUT2D eigenvalue weighted by atomic mass is 10.2. The van der Waals surface area contributed by atoms with Gasteiger partial charge in [-0.1, -0.05) is 0 Å². The largest absolute Gasteiger partial charge is 0.510 e. The summed E-state index contributed by atoms with van der Waals surface area (Å²) in [4.78, 5) is 33.3. The van der Waals surface area contributed by atoms with E-state index < -0.39 is 44.3 Å². The van der Waals surface area contributed by atoms with Gasteiger partial charge in [-0.15, -0.1) is 4.20 Å². The van der Waals surface area contributed by atoms with E-state index in [2.05, 4.69) is 4.52 Å². The SMILES string of the molecule is Cc1cn(C2CC(F)C(COP(=O)(O)F)O2)c(=O)[nH]c1=O. The highest BCUT2D eigenvalue weighted by molar-refractivity contribution is 7.46. The second-order valence-electron chi connectivity index (χ2n) is 4.61. The van der Waals surface area contributed by atoms with Gasteiger partial charge in [-0.25, -0.2) is 13.8 Å². The first-order valence-corrected chi connectivity index (χ1v) is 7.43. The van der Waals surface area contributed by atoms with Crippen LogP contribution in [0.5, 0.6) is 0 Å². The smallest absolute Gasteiger partial charge is 0.349 e. The Labute approximate surface area is 117 Å². The lowest BCUT2D eigenvalue weighted by Gasteiger charge is -2.15. The van der Waals surface area contributed by atoms with E-state index in [1.54, 1.807) is 0 Å². The summed E-state index contributed by atoms with van der Waals surface area (Å²) in [6.07, 6.45) is -2.93. The lowest BCUT2D eigenvalue weighted by molar-refractivity contribution is -0.0338. The Morgan fingerprint density at radius 2 is 2.29 bits per heavy atom. The third-order valence-electron chi connectivity index (χ3n) is 3.02. The number of nitrogens with one attached hydrogen (secondary N) is 1. The Morgan fingerprint density at radius 1 is 1.62 bits per heavy atom. The monoisotopic (exact) mass is 326 g/mol. The Morgan fingerprint density at radius 3 is 2.90 bits per heavy atom. The Balaban J connectivity index is 2.14. The first-order chi connectivity index (χ1) is 9.67. The summed E-state index contributed by atoms with van der Waals surface area (Å²) in [5, 5.41) is 0. The molecular weight excluding hydrogens is 313 g/mol. The summed E-state index contributed by atoms with van der Waals surface area (Å²) in [6, 6.07) is 0. The Kier molecular flexibility index (Phi) is 4.43. The summed E-state index contributed by atoms with van der Waals surface area (Å²) in [7, 11) is -5.22. The molecule has 2 heterocycles. The van der Waals surface area contributed by atoms with Crippen LogP contribution in [0.25, 0.3) is 0 Å². The fourth-order valence-corrected chi connectivity index (χ4v) is 2.31. The number of aromatic amines is 1. The fourth-order valence-electron chi connectivity index (χ4n) is 1.98. The number of nitrogens with zero attached hydrogens (tertiary/aromatic N) is 1. The van der Waals surface area contributed by atoms with E-state index in [4.69, 9.17) is 9.63 Å². The maximum absolute atomic E-state index is 13.7. The highest BCUT2D eigenvalue weighted by atomic mass is 31.2. The Hall–Kier alpha value is -1.35. The molecule has 1 aromatic rings.